The van der Waals surface area contributed by atoms with Crippen LogP contribution in [0.2, 0.25) is 0 Å². The van der Waals surface area contributed by atoms with Gasteiger partial charge in [0.15, 0.2) is 0 Å². The van der Waals surface area contributed by atoms with Crippen LogP contribution >= 0.6 is 0 Å². The number of carbonyl (C=O) groups is 1. The van der Waals surface area contributed by atoms with Gasteiger partial charge in [-0.05, 0) is 24.7 Å². The van der Waals surface area contributed by atoms with Crippen molar-refractivity contribution in [2.24, 2.45) is 23.7 Å². The van der Waals surface area contributed by atoms with Crippen molar-refractivity contribution in [2.45, 2.75) is 18.9 Å². The lowest BCUT2D eigenvalue weighted by Crippen LogP contribution is -2.32. The normalized spacial score (nSPS) is 55.8. The summed E-state index contributed by atoms with van der Waals surface area (Å²) in [4.78, 5) is 11.3. The smallest absolute Gasteiger partial charge is 0.309 e. The van der Waals surface area contributed by atoms with Crippen molar-refractivity contribution in [3.8, 4) is 0 Å². The number of ether oxygens (including phenoxy) is 1. The van der Waals surface area contributed by atoms with Gasteiger partial charge in [0.1, 0.15) is 0 Å². The molecule has 1 aliphatic heterocycles. The number of carbonyl (C=O) groups excluding carboxylic acids is 1. The molecule has 3 nitrogen and oxygen atoms in total. The molecule has 0 radical (unpaired) electrons. The first-order valence-corrected chi connectivity index (χ1v) is 4.62. The van der Waals surface area contributed by atoms with Crippen LogP contribution in [0.1, 0.15) is 12.8 Å². The van der Waals surface area contributed by atoms with Crippen LogP contribution in [-0.4, -0.2) is 23.8 Å². The minimum absolute atomic E-state index is 0.0405. The molecule has 0 aromatic heterocycles. The monoisotopic (exact) mass is 168 g/mol. The second-order valence-electron chi connectivity index (χ2n) is 4.28. The maximum Gasteiger partial charge on any atom is 0.309 e. The third-order valence-corrected chi connectivity index (χ3v) is 3.83. The maximum absolute atomic E-state index is 11.3. The highest BCUT2D eigenvalue weighted by Gasteiger charge is 2.58. The van der Waals surface area contributed by atoms with Crippen LogP contribution in [0.15, 0.2) is 0 Å². The van der Waals surface area contributed by atoms with Gasteiger partial charge in [-0.1, -0.05) is 0 Å². The van der Waals surface area contributed by atoms with Gasteiger partial charge >= 0.3 is 5.97 Å². The maximum atomic E-state index is 11.3. The molecule has 5 unspecified atom stereocenters. The van der Waals surface area contributed by atoms with Gasteiger partial charge in [0.25, 0.3) is 0 Å². The minimum atomic E-state index is -0.234. The van der Waals surface area contributed by atoms with Gasteiger partial charge < -0.3 is 9.84 Å². The highest BCUT2D eigenvalue weighted by Crippen LogP contribution is 2.54. The van der Waals surface area contributed by atoms with Crippen molar-refractivity contribution < 1.29 is 14.6 Å². The van der Waals surface area contributed by atoms with Crippen molar-refractivity contribution in [1.82, 2.24) is 0 Å². The van der Waals surface area contributed by atoms with Gasteiger partial charge in [-0.2, -0.15) is 0 Å². The topological polar surface area (TPSA) is 46.5 Å². The summed E-state index contributed by atoms with van der Waals surface area (Å²) in [6, 6.07) is 0. The standard InChI is InChI=1S/C9H12O3/c10-7-2-4-1-5(7)8-6(4)3-12-9(8)11/h4-8,10H,1-3H2. The molecule has 3 fully saturated rings. The summed E-state index contributed by atoms with van der Waals surface area (Å²) in [7, 11) is 0. The zero-order chi connectivity index (χ0) is 8.29. The van der Waals surface area contributed by atoms with Crippen LogP contribution in [0.5, 0.6) is 0 Å². The first kappa shape index (κ1) is 6.89. The van der Waals surface area contributed by atoms with Gasteiger partial charge in [-0.25, -0.2) is 0 Å². The number of esters is 1. The molecule has 3 heteroatoms. The second-order valence-corrected chi connectivity index (χ2v) is 4.28. The Balaban J connectivity index is 1.95. The van der Waals surface area contributed by atoms with Crippen molar-refractivity contribution in [2.75, 3.05) is 6.61 Å². The summed E-state index contributed by atoms with van der Waals surface area (Å²) in [5.41, 5.74) is 0. The number of aliphatic hydroxyl groups is 1. The molecule has 2 aliphatic carbocycles. The summed E-state index contributed by atoms with van der Waals surface area (Å²) in [6.45, 7) is 0.609. The molecule has 2 saturated carbocycles. The lowest BCUT2D eigenvalue weighted by molar-refractivity contribution is -0.143. The molecule has 0 spiro atoms. The lowest BCUT2D eigenvalue weighted by Gasteiger charge is -2.24. The fourth-order valence-corrected chi connectivity index (χ4v) is 3.30. The Hall–Kier alpha value is -0.570. The van der Waals surface area contributed by atoms with Crippen molar-refractivity contribution in [1.29, 1.82) is 0 Å². The molecule has 0 aromatic carbocycles. The SMILES string of the molecule is O=C1OCC2C3CC(O)C(C3)C12. The van der Waals surface area contributed by atoms with Gasteiger partial charge in [0, 0.05) is 5.92 Å². The Labute approximate surface area is 70.7 Å². The van der Waals surface area contributed by atoms with Crippen LogP contribution in [0, 0.1) is 23.7 Å². The predicted molar refractivity (Wildman–Crippen MR) is 40.2 cm³/mol. The molecule has 1 heterocycles. The largest absolute Gasteiger partial charge is 0.465 e. The summed E-state index contributed by atoms with van der Waals surface area (Å²) in [5.74, 6) is 1.19. The average molecular weight is 168 g/mol. The molecule has 5 atom stereocenters. The summed E-state index contributed by atoms with van der Waals surface area (Å²) < 4.78 is 5.00. The third-order valence-electron chi connectivity index (χ3n) is 3.83. The Kier molecular flexibility index (Phi) is 1.16. The first-order valence-electron chi connectivity index (χ1n) is 4.62. The quantitative estimate of drug-likeness (QED) is 0.525. The third kappa shape index (κ3) is 0.637. The Morgan fingerprint density at radius 2 is 2.17 bits per heavy atom. The Morgan fingerprint density at radius 1 is 1.33 bits per heavy atom. The molecule has 3 rings (SSSR count). The van der Waals surface area contributed by atoms with E-state index in [1.165, 1.54) is 0 Å². The molecule has 1 N–H and O–H groups in total. The first-order chi connectivity index (χ1) is 5.77. The van der Waals surface area contributed by atoms with Gasteiger partial charge in [-0.3, -0.25) is 4.79 Å². The number of rotatable bonds is 0. The molecular weight excluding hydrogens is 156 g/mol. The van der Waals surface area contributed by atoms with E-state index < -0.39 is 0 Å². The molecule has 66 valence electrons. The van der Waals surface area contributed by atoms with Crippen LogP contribution < -0.4 is 0 Å². The number of hydrogen-bond acceptors (Lipinski definition) is 3. The number of aliphatic hydroxyl groups excluding tert-OH is 1. The van der Waals surface area contributed by atoms with Gasteiger partial charge in [-0.15, -0.1) is 0 Å². The molecule has 12 heavy (non-hydrogen) atoms. The van der Waals surface area contributed by atoms with Crippen LogP contribution in [-0.2, 0) is 9.53 Å². The van der Waals surface area contributed by atoms with E-state index in [0.717, 1.165) is 12.8 Å². The van der Waals surface area contributed by atoms with E-state index in [2.05, 4.69) is 0 Å². The summed E-state index contributed by atoms with van der Waals surface area (Å²) in [6.07, 6.45) is 1.70. The Bertz CT molecular complexity index is 238. The van der Waals surface area contributed by atoms with Crippen LogP contribution in [0.3, 0.4) is 0 Å². The fraction of sp³-hybridized carbons (Fsp3) is 0.889. The lowest BCUT2D eigenvalue weighted by atomic mass is 9.80. The zero-order valence-corrected chi connectivity index (χ0v) is 6.77. The Morgan fingerprint density at radius 3 is 3.00 bits per heavy atom. The van der Waals surface area contributed by atoms with E-state index in [9.17, 15) is 9.90 Å². The summed E-state index contributed by atoms with van der Waals surface area (Å²) in [5, 5.41) is 9.58. The molecule has 3 aliphatic rings. The zero-order valence-electron chi connectivity index (χ0n) is 6.77. The highest BCUT2D eigenvalue weighted by atomic mass is 16.5. The number of fused-ring (bicyclic) bond motifs is 5. The number of cyclic esters (lactones) is 1. The fourth-order valence-electron chi connectivity index (χ4n) is 3.30. The van der Waals surface area contributed by atoms with Crippen LogP contribution in [0.25, 0.3) is 0 Å². The molecule has 1 saturated heterocycles. The average Bonchev–Trinajstić information content (AvgIpc) is 2.62. The van der Waals surface area contributed by atoms with Gasteiger partial charge in [0.05, 0.1) is 18.6 Å². The second kappa shape index (κ2) is 2.02. The highest BCUT2D eigenvalue weighted by molar-refractivity contribution is 5.76. The van der Waals surface area contributed by atoms with Crippen molar-refractivity contribution in [3.63, 3.8) is 0 Å². The van der Waals surface area contributed by atoms with E-state index in [0.29, 0.717) is 18.4 Å². The van der Waals surface area contributed by atoms with Crippen molar-refractivity contribution >= 4 is 5.97 Å². The van der Waals surface area contributed by atoms with Crippen molar-refractivity contribution in [3.05, 3.63) is 0 Å². The molecule has 0 aromatic rings. The van der Waals surface area contributed by atoms with E-state index in [4.69, 9.17) is 4.74 Å². The van der Waals surface area contributed by atoms with E-state index in [1.54, 1.807) is 0 Å². The molecular formula is C9H12O3. The number of hydrogen-bond donors (Lipinski definition) is 1. The summed E-state index contributed by atoms with van der Waals surface area (Å²) >= 11 is 0. The molecule has 0 amide bonds. The van der Waals surface area contributed by atoms with E-state index in [1.807, 2.05) is 0 Å². The van der Waals surface area contributed by atoms with E-state index >= 15 is 0 Å². The minimum Gasteiger partial charge on any atom is -0.465 e. The van der Waals surface area contributed by atoms with E-state index in [-0.39, 0.29) is 23.9 Å². The van der Waals surface area contributed by atoms with Gasteiger partial charge in [0.2, 0.25) is 0 Å². The molecule has 2 bridgehead atoms. The van der Waals surface area contributed by atoms with Crippen LogP contribution in [0.4, 0.5) is 0 Å². The predicted octanol–water partition coefficient (Wildman–Crippen LogP) is 0.176.